The van der Waals surface area contributed by atoms with E-state index in [0.29, 0.717) is 18.8 Å². The first-order chi connectivity index (χ1) is 7.22. The smallest absolute Gasteiger partial charge is 0.257 e. The minimum absolute atomic E-state index is 0.0308. The second kappa shape index (κ2) is 6.03. The molecule has 1 rings (SSSR count). The Kier molecular flexibility index (Phi) is 4.63. The average molecular weight is 208 g/mol. The fraction of sp³-hybridized carbons (Fsp3) is 0.364. The predicted molar refractivity (Wildman–Crippen MR) is 58.7 cm³/mol. The zero-order chi connectivity index (χ0) is 11.1. The Hall–Kier alpha value is -1.55. The van der Waals surface area contributed by atoms with Gasteiger partial charge in [-0.15, -0.1) is 0 Å². The van der Waals surface area contributed by atoms with Crippen molar-refractivity contribution in [2.75, 3.05) is 19.7 Å². The maximum Gasteiger partial charge on any atom is 0.257 e. The molecule has 4 heteroatoms. The normalized spacial score (nSPS) is 9.73. The molecule has 0 radical (unpaired) electrons. The molecule has 0 saturated carbocycles. The number of amides is 1. The molecule has 0 spiro atoms. The maximum atomic E-state index is 11.2. The molecular formula is C11H16N2O2. The van der Waals surface area contributed by atoms with E-state index in [1.165, 1.54) is 0 Å². The summed E-state index contributed by atoms with van der Waals surface area (Å²) in [7, 11) is 0. The summed E-state index contributed by atoms with van der Waals surface area (Å²) < 4.78 is 5.27. The van der Waals surface area contributed by atoms with E-state index in [9.17, 15) is 4.79 Å². The third kappa shape index (κ3) is 4.46. The number of nitrogens with one attached hydrogen (secondary N) is 1. The lowest BCUT2D eigenvalue weighted by molar-refractivity contribution is -0.123. The number of ether oxygens (including phenoxy) is 1. The highest BCUT2D eigenvalue weighted by atomic mass is 16.5. The molecule has 0 atom stereocenters. The number of hydrogen-bond acceptors (Lipinski definition) is 3. The molecule has 0 bridgehead atoms. The van der Waals surface area contributed by atoms with Crippen molar-refractivity contribution in [2.45, 2.75) is 6.92 Å². The van der Waals surface area contributed by atoms with Crippen molar-refractivity contribution in [2.24, 2.45) is 5.73 Å². The molecule has 1 amide bonds. The standard InChI is InChI=1S/C11H16N2O2/c1-9-2-4-10(5-3-9)15-8-11(14)13-7-6-12/h2-5H,6-8,12H2,1H3,(H,13,14). The summed E-state index contributed by atoms with van der Waals surface area (Å²) in [5.74, 6) is 0.546. The van der Waals surface area contributed by atoms with E-state index in [0.717, 1.165) is 5.56 Å². The molecule has 15 heavy (non-hydrogen) atoms. The quantitative estimate of drug-likeness (QED) is 0.738. The molecule has 0 aliphatic carbocycles. The first-order valence-electron chi connectivity index (χ1n) is 4.88. The number of nitrogens with two attached hydrogens (primary N) is 1. The summed E-state index contributed by atoms with van der Waals surface area (Å²) in [5.41, 5.74) is 6.41. The fourth-order valence-electron chi connectivity index (χ4n) is 1.05. The zero-order valence-electron chi connectivity index (χ0n) is 8.82. The minimum atomic E-state index is -0.152. The summed E-state index contributed by atoms with van der Waals surface area (Å²) >= 11 is 0. The van der Waals surface area contributed by atoms with Crippen molar-refractivity contribution < 1.29 is 9.53 Å². The Balaban J connectivity index is 2.30. The number of rotatable bonds is 5. The second-order valence-corrected chi connectivity index (χ2v) is 3.24. The van der Waals surface area contributed by atoms with Gasteiger partial charge in [-0.2, -0.15) is 0 Å². The highest BCUT2D eigenvalue weighted by Crippen LogP contribution is 2.10. The Morgan fingerprint density at radius 3 is 2.67 bits per heavy atom. The van der Waals surface area contributed by atoms with Crippen LogP contribution in [0.15, 0.2) is 24.3 Å². The SMILES string of the molecule is Cc1ccc(OCC(=O)NCCN)cc1. The van der Waals surface area contributed by atoms with Crippen molar-refractivity contribution in [1.29, 1.82) is 0 Å². The van der Waals surface area contributed by atoms with Crippen LogP contribution in [0, 0.1) is 6.92 Å². The van der Waals surface area contributed by atoms with Crippen LogP contribution >= 0.6 is 0 Å². The number of hydrogen-bond donors (Lipinski definition) is 2. The van der Waals surface area contributed by atoms with Crippen molar-refractivity contribution in [3.63, 3.8) is 0 Å². The molecule has 0 aliphatic heterocycles. The van der Waals surface area contributed by atoms with Gasteiger partial charge in [-0.3, -0.25) is 4.79 Å². The Morgan fingerprint density at radius 1 is 1.40 bits per heavy atom. The summed E-state index contributed by atoms with van der Waals surface area (Å²) in [6.07, 6.45) is 0. The Labute approximate surface area is 89.4 Å². The summed E-state index contributed by atoms with van der Waals surface area (Å²) in [4.78, 5) is 11.2. The molecule has 0 aromatic heterocycles. The number of aryl methyl sites for hydroxylation is 1. The maximum absolute atomic E-state index is 11.2. The molecule has 82 valence electrons. The van der Waals surface area contributed by atoms with E-state index in [2.05, 4.69) is 5.32 Å². The van der Waals surface area contributed by atoms with Crippen LogP contribution < -0.4 is 15.8 Å². The number of benzene rings is 1. The number of carbonyl (C=O) groups is 1. The second-order valence-electron chi connectivity index (χ2n) is 3.24. The molecule has 0 aliphatic rings. The van der Waals surface area contributed by atoms with Crippen LogP contribution in [-0.2, 0) is 4.79 Å². The van der Waals surface area contributed by atoms with Gasteiger partial charge in [0.05, 0.1) is 0 Å². The molecule has 0 unspecified atom stereocenters. The Bertz CT molecular complexity index is 309. The van der Waals surface area contributed by atoms with Gasteiger partial charge >= 0.3 is 0 Å². The zero-order valence-corrected chi connectivity index (χ0v) is 8.82. The van der Waals surface area contributed by atoms with Gasteiger partial charge in [0.15, 0.2) is 6.61 Å². The lowest BCUT2D eigenvalue weighted by Gasteiger charge is -2.06. The molecule has 4 nitrogen and oxygen atoms in total. The van der Waals surface area contributed by atoms with E-state index in [1.807, 2.05) is 31.2 Å². The van der Waals surface area contributed by atoms with Gasteiger partial charge in [0.25, 0.3) is 5.91 Å². The van der Waals surface area contributed by atoms with Crippen molar-refractivity contribution in [1.82, 2.24) is 5.32 Å². The largest absolute Gasteiger partial charge is 0.484 e. The molecule has 0 heterocycles. The van der Waals surface area contributed by atoms with Crippen LogP contribution in [0.5, 0.6) is 5.75 Å². The van der Waals surface area contributed by atoms with Crippen LogP contribution in [0.25, 0.3) is 0 Å². The first kappa shape index (κ1) is 11.5. The number of carbonyl (C=O) groups excluding carboxylic acids is 1. The molecule has 3 N–H and O–H groups in total. The van der Waals surface area contributed by atoms with Crippen LogP contribution in [0.4, 0.5) is 0 Å². The summed E-state index contributed by atoms with van der Waals surface area (Å²) in [5, 5.41) is 2.63. The monoisotopic (exact) mass is 208 g/mol. The lowest BCUT2D eigenvalue weighted by atomic mass is 10.2. The van der Waals surface area contributed by atoms with Crippen LogP contribution in [-0.4, -0.2) is 25.6 Å². The van der Waals surface area contributed by atoms with Gasteiger partial charge in [0.2, 0.25) is 0 Å². The van der Waals surface area contributed by atoms with Gasteiger partial charge in [-0.1, -0.05) is 17.7 Å². The lowest BCUT2D eigenvalue weighted by Crippen LogP contribution is -2.32. The highest BCUT2D eigenvalue weighted by molar-refractivity contribution is 5.77. The van der Waals surface area contributed by atoms with Crippen LogP contribution in [0.1, 0.15) is 5.56 Å². The predicted octanol–water partition coefficient (Wildman–Crippen LogP) is 0.449. The molecule has 0 saturated heterocycles. The van der Waals surface area contributed by atoms with E-state index in [4.69, 9.17) is 10.5 Å². The van der Waals surface area contributed by atoms with Gasteiger partial charge in [-0.25, -0.2) is 0 Å². The summed E-state index contributed by atoms with van der Waals surface area (Å²) in [6, 6.07) is 7.55. The van der Waals surface area contributed by atoms with Gasteiger partial charge in [-0.05, 0) is 19.1 Å². The van der Waals surface area contributed by atoms with Gasteiger partial charge in [0.1, 0.15) is 5.75 Å². The van der Waals surface area contributed by atoms with Gasteiger partial charge in [0, 0.05) is 13.1 Å². The Morgan fingerprint density at radius 2 is 2.07 bits per heavy atom. The van der Waals surface area contributed by atoms with E-state index < -0.39 is 0 Å². The van der Waals surface area contributed by atoms with Gasteiger partial charge < -0.3 is 15.8 Å². The van der Waals surface area contributed by atoms with Crippen molar-refractivity contribution in [3.05, 3.63) is 29.8 Å². The van der Waals surface area contributed by atoms with E-state index in [1.54, 1.807) is 0 Å². The topological polar surface area (TPSA) is 64.3 Å². The third-order valence-corrected chi connectivity index (χ3v) is 1.86. The third-order valence-electron chi connectivity index (χ3n) is 1.86. The first-order valence-corrected chi connectivity index (χ1v) is 4.88. The van der Waals surface area contributed by atoms with Crippen molar-refractivity contribution >= 4 is 5.91 Å². The molecular weight excluding hydrogens is 192 g/mol. The summed E-state index contributed by atoms with van der Waals surface area (Å²) in [6.45, 7) is 2.95. The van der Waals surface area contributed by atoms with E-state index in [-0.39, 0.29) is 12.5 Å². The fourth-order valence-corrected chi connectivity index (χ4v) is 1.05. The van der Waals surface area contributed by atoms with Crippen LogP contribution in [0.2, 0.25) is 0 Å². The molecule has 1 aromatic carbocycles. The molecule has 0 fully saturated rings. The molecule has 1 aromatic rings. The van der Waals surface area contributed by atoms with Crippen LogP contribution in [0.3, 0.4) is 0 Å². The van der Waals surface area contributed by atoms with E-state index >= 15 is 0 Å². The minimum Gasteiger partial charge on any atom is -0.484 e. The average Bonchev–Trinajstić information content (AvgIpc) is 2.25. The van der Waals surface area contributed by atoms with Crippen molar-refractivity contribution in [3.8, 4) is 5.75 Å². The highest BCUT2D eigenvalue weighted by Gasteiger charge is 2.00.